The average Bonchev–Trinajstić information content (AvgIpc) is 2.32. The molecule has 0 fully saturated rings. The Morgan fingerprint density at radius 3 is 2.11 bits per heavy atom. The molecule has 0 bridgehead atoms. The third kappa shape index (κ3) is 5.77. The minimum atomic E-state index is -1.13. The van der Waals surface area contributed by atoms with Crippen molar-refractivity contribution in [2.75, 3.05) is 13.2 Å². The average molecular weight is 260 g/mol. The van der Waals surface area contributed by atoms with Gasteiger partial charge in [-0.05, 0) is 20.3 Å². The lowest BCUT2D eigenvalue weighted by molar-refractivity contribution is -0.161. The first-order valence-corrected chi connectivity index (χ1v) is 5.73. The summed E-state index contributed by atoms with van der Waals surface area (Å²) in [4.78, 5) is 32.9. The second kappa shape index (κ2) is 7.10. The third-order valence-corrected chi connectivity index (χ3v) is 2.54. The predicted molar refractivity (Wildman–Crippen MR) is 62.7 cm³/mol. The van der Waals surface area contributed by atoms with E-state index in [1.165, 1.54) is 0 Å². The number of rotatable bonds is 7. The second-order valence-corrected chi connectivity index (χ2v) is 4.64. The van der Waals surface area contributed by atoms with Crippen LogP contribution in [0.1, 0.15) is 34.1 Å². The number of hydrogen-bond acceptors (Lipinski definition) is 6. The van der Waals surface area contributed by atoms with Crippen LogP contribution >= 0.6 is 0 Å². The fraction of sp³-hybridized carbons (Fsp3) is 0.750. The van der Waals surface area contributed by atoms with Gasteiger partial charge in [0.05, 0.1) is 5.41 Å². The highest BCUT2D eigenvalue weighted by Gasteiger charge is 2.27. The van der Waals surface area contributed by atoms with Crippen LogP contribution in [0.4, 0.5) is 0 Å². The van der Waals surface area contributed by atoms with E-state index in [-0.39, 0.29) is 13.2 Å². The molecule has 0 aromatic carbocycles. The summed E-state index contributed by atoms with van der Waals surface area (Å²) in [7, 11) is 0. The van der Waals surface area contributed by atoms with Gasteiger partial charge in [0.2, 0.25) is 5.78 Å². The Balaban J connectivity index is 3.98. The summed E-state index contributed by atoms with van der Waals surface area (Å²) in [6.45, 7) is 5.74. The van der Waals surface area contributed by atoms with Gasteiger partial charge in [0.25, 0.3) is 0 Å². The van der Waals surface area contributed by atoms with E-state index in [1.54, 1.807) is 13.8 Å². The molecule has 0 heterocycles. The summed E-state index contributed by atoms with van der Waals surface area (Å²) in [6, 6.07) is 0. The molecule has 0 amide bonds. The number of Topliss-reactive ketones (excluding diaryl/α,β-unsaturated/α-hetero) is 1. The number of aliphatic hydroxyl groups excluding tert-OH is 1. The molecule has 0 aromatic rings. The molecule has 0 aromatic heterocycles. The first kappa shape index (κ1) is 16.6. The van der Waals surface area contributed by atoms with Gasteiger partial charge >= 0.3 is 11.9 Å². The molecule has 0 spiro atoms. The molecule has 0 saturated carbocycles. The van der Waals surface area contributed by atoms with E-state index in [0.717, 1.165) is 6.92 Å². The SMILES string of the molecule is CCC(C)(C)C(=O)OCC(O)COC(=O)C(C)=O. The molecule has 104 valence electrons. The van der Waals surface area contributed by atoms with Gasteiger partial charge in [-0.1, -0.05) is 6.92 Å². The van der Waals surface area contributed by atoms with Crippen LogP contribution in [0.25, 0.3) is 0 Å². The van der Waals surface area contributed by atoms with Crippen LogP contribution in [0.2, 0.25) is 0 Å². The first-order chi connectivity index (χ1) is 8.20. The van der Waals surface area contributed by atoms with E-state index in [4.69, 9.17) is 4.74 Å². The Morgan fingerprint density at radius 1 is 1.17 bits per heavy atom. The molecule has 6 heteroatoms. The van der Waals surface area contributed by atoms with Crippen LogP contribution in [0.5, 0.6) is 0 Å². The topological polar surface area (TPSA) is 89.9 Å². The minimum Gasteiger partial charge on any atom is -0.462 e. The zero-order chi connectivity index (χ0) is 14.3. The van der Waals surface area contributed by atoms with Crippen molar-refractivity contribution in [3.8, 4) is 0 Å². The van der Waals surface area contributed by atoms with Gasteiger partial charge in [0.1, 0.15) is 19.3 Å². The standard InChI is InChI=1S/C12H20O6/c1-5-12(3,4)11(16)18-7-9(14)6-17-10(15)8(2)13/h9,14H,5-7H2,1-4H3. The molecule has 0 aliphatic carbocycles. The van der Waals surface area contributed by atoms with Crippen LogP contribution < -0.4 is 0 Å². The number of ether oxygens (including phenoxy) is 2. The van der Waals surface area contributed by atoms with Crippen molar-refractivity contribution in [1.82, 2.24) is 0 Å². The van der Waals surface area contributed by atoms with Gasteiger partial charge in [-0.25, -0.2) is 4.79 Å². The summed E-state index contributed by atoms with van der Waals surface area (Å²) < 4.78 is 9.37. The van der Waals surface area contributed by atoms with Crippen LogP contribution in [0.3, 0.4) is 0 Å². The molecule has 0 radical (unpaired) electrons. The van der Waals surface area contributed by atoms with Crippen molar-refractivity contribution >= 4 is 17.7 Å². The lowest BCUT2D eigenvalue weighted by atomic mass is 9.91. The molecule has 0 aliphatic heterocycles. The normalized spacial score (nSPS) is 12.7. The van der Waals surface area contributed by atoms with Crippen molar-refractivity contribution < 1.29 is 29.0 Å². The molecule has 0 saturated heterocycles. The second-order valence-electron chi connectivity index (χ2n) is 4.64. The highest BCUT2D eigenvalue weighted by Crippen LogP contribution is 2.21. The largest absolute Gasteiger partial charge is 0.462 e. The molecule has 18 heavy (non-hydrogen) atoms. The van der Waals surface area contributed by atoms with Gasteiger partial charge in [0, 0.05) is 6.92 Å². The van der Waals surface area contributed by atoms with Gasteiger partial charge in [-0.2, -0.15) is 0 Å². The highest BCUT2D eigenvalue weighted by atomic mass is 16.6. The summed E-state index contributed by atoms with van der Waals surface area (Å²) in [5.41, 5.74) is -0.615. The van der Waals surface area contributed by atoms with Crippen LogP contribution in [0.15, 0.2) is 0 Å². The Bertz CT molecular complexity index is 321. The van der Waals surface area contributed by atoms with E-state index in [9.17, 15) is 19.5 Å². The maximum atomic E-state index is 11.6. The van der Waals surface area contributed by atoms with E-state index < -0.39 is 29.2 Å². The van der Waals surface area contributed by atoms with E-state index in [2.05, 4.69) is 4.74 Å². The van der Waals surface area contributed by atoms with Crippen molar-refractivity contribution in [3.05, 3.63) is 0 Å². The number of aliphatic hydroxyl groups is 1. The minimum absolute atomic E-state index is 0.270. The monoisotopic (exact) mass is 260 g/mol. The molecular formula is C12H20O6. The molecule has 0 aliphatic rings. The number of carbonyl (C=O) groups excluding carboxylic acids is 3. The summed E-state index contributed by atoms with van der Waals surface area (Å²) >= 11 is 0. The summed E-state index contributed by atoms with van der Waals surface area (Å²) in [5, 5.41) is 9.40. The summed E-state index contributed by atoms with van der Waals surface area (Å²) in [6.07, 6.45) is -0.522. The van der Waals surface area contributed by atoms with Crippen molar-refractivity contribution in [2.45, 2.75) is 40.2 Å². The quantitative estimate of drug-likeness (QED) is 0.528. The number of carbonyl (C=O) groups is 3. The van der Waals surface area contributed by atoms with Crippen LogP contribution in [-0.2, 0) is 23.9 Å². The Kier molecular flexibility index (Phi) is 6.54. The molecule has 1 N–H and O–H groups in total. The third-order valence-electron chi connectivity index (χ3n) is 2.54. The zero-order valence-electron chi connectivity index (χ0n) is 11.2. The molecule has 1 unspecified atom stereocenters. The molecule has 0 rings (SSSR count). The fourth-order valence-corrected chi connectivity index (χ4v) is 0.833. The Hall–Kier alpha value is -1.43. The molecule has 1 atom stereocenters. The first-order valence-electron chi connectivity index (χ1n) is 5.73. The van der Waals surface area contributed by atoms with Gasteiger partial charge in [-0.15, -0.1) is 0 Å². The highest BCUT2D eigenvalue weighted by molar-refractivity contribution is 6.32. The van der Waals surface area contributed by atoms with Crippen LogP contribution in [-0.4, -0.2) is 42.1 Å². The maximum absolute atomic E-state index is 11.6. The summed E-state index contributed by atoms with van der Waals surface area (Å²) in [5.74, 6) is -2.19. The van der Waals surface area contributed by atoms with Crippen molar-refractivity contribution in [2.24, 2.45) is 5.41 Å². The molecule has 6 nitrogen and oxygen atoms in total. The van der Waals surface area contributed by atoms with Crippen molar-refractivity contribution in [3.63, 3.8) is 0 Å². The predicted octanol–water partition coefficient (Wildman–Crippen LogP) is 0.459. The number of hydrogen-bond donors (Lipinski definition) is 1. The number of esters is 2. The van der Waals surface area contributed by atoms with E-state index >= 15 is 0 Å². The fourth-order valence-electron chi connectivity index (χ4n) is 0.833. The Morgan fingerprint density at radius 2 is 1.67 bits per heavy atom. The smallest absolute Gasteiger partial charge is 0.374 e. The van der Waals surface area contributed by atoms with E-state index in [1.807, 2.05) is 6.92 Å². The van der Waals surface area contributed by atoms with Gasteiger partial charge in [0.15, 0.2) is 0 Å². The number of ketones is 1. The maximum Gasteiger partial charge on any atom is 0.374 e. The van der Waals surface area contributed by atoms with Gasteiger partial charge in [-0.3, -0.25) is 9.59 Å². The molecular weight excluding hydrogens is 240 g/mol. The van der Waals surface area contributed by atoms with Crippen LogP contribution in [0, 0.1) is 5.41 Å². The van der Waals surface area contributed by atoms with Gasteiger partial charge < -0.3 is 14.6 Å². The van der Waals surface area contributed by atoms with Crippen molar-refractivity contribution in [1.29, 1.82) is 0 Å². The van der Waals surface area contributed by atoms with E-state index in [0.29, 0.717) is 6.42 Å². The Labute approximate surface area is 106 Å². The zero-order valence-corrected chi connectivity index (χ0v) is 11.2. The lowest BCUT2D eigenvalue weighted by Gasteiger charge is -2.21. The lowest BCUT2D eigenvalue weighted by Crippen LogP contribution is -2.31.